The third-order valence-electron chi connectivity index (χ3n) is 4.00. The summed E-state index contributed by atoms with van der Waals surface area (Å²) in [5, 5.41) is 4.16. The molecule has 0 heterocycles. The fraction of sp³-hybridized carbons (Fsp3) is 0.400. The Morgan fingerprint density at radius 1 is 1.15 bits per heavy atom. The molecule has 1 aromatic carbocycles. The molecular formula is C15H18N2O2S. The lowest BCUT2D eigenvalue weighted by Crippen LogP contribution is -2.30. The van der Waals surface area contributed by atoms with Crippen LogP contribution in [0.4, 0.5) is 0 Å². The van der Waals surface area contributed by atoms with E-state index < -0.39 is 10.0 Å². The first-order valence-corrected chi connectivity index (χ1v) is 8.36. The zero-order chi connectivity index (χ0) is 14.2. The van der Waals surface area contributed by atoms with Crippen LogP contribution in [0.5, 0.6) is 0 Å². The largest absolute Gasteiger partial charge is 0.276 e. The number of hydrogen-bond donors (Lipinski definition) is 1. The third kappa shape index (κ3) is 2.63. The Morgan fingerprint density at radius 3 is 2.45 bits per heavy atom. The zero-order valence-electron chi connectivity index (χ0n) is 11.4. The van der Waals surface area contributed by atoms with E-state index in [4.69, 9.17) is 0 Å². The van der Waals surface area contributed by atoms with Crippen LogP contribution in [0.2, 0.25) is 0 Å². The van der Waals surface area contributed by atoms with Crippen LogP contribution < -0.4 is 4.83 Å². The summed E-state index contributed by atoms with van der Waals surface area (Å²) in [6.07, 6.45) is 7.51. The van der Waals surface area contributed by atoms with E-state index >= 15 is 0 Å². The fourth-order valence-corrected chi connectivity index (χ4v) is 3.60. The topological polar surface area (TPSA) is 58.5 Å². The Morgan fingerprint density at radius 2 is 1.90 bits per heavy atom. The molecule has 0 amide bonds. The molecule has 0 aromatic heterocycles. The second-order valence-electron chi connectivity index (χ2n) is 5.54. The highest BCUT2D eigenvalue weighted by Gasteiger charge is 2.28. The van der Waals surface area contributed by atoms with Crippen molar-refractivity contribution in [2.45, 2.75) is 31.1 Å². The first-order valence-electron chi connectivity index (χ1n) is 6.88. The highest BCUT2D eigenvalue weighted by molar-refractivity contribution is 7.89. The normalized spacial score (nSPS) is 26.9. The van der Waals surface area contributed by atoms with Crippen LogP contribution >= 0.6 is 0 Å². The van der Waals surface area contributed by atoms with Crippen LogP contribution in [0.15, 0.2) is 46.4 Å². The van der Waals surface area contributed by atoms with Crippen molar-refractivity contribution in [2.24, 2.45) is 16.9 Å². The molecule has 2 atom stereocenters. The summed E-state index contributed by atoms with van der Waals surface area (Å²) in [7, 11) is -3.55. The van der Waals surface area contributed by atoms with Gasteiger partial charge in [-0.25, -0.2) is 4.83 Å². The molecule has 20 heavy (non-hydrogen) atoms. The van der Waals surface area contributed by atoms with E-state index in [2.05, 4.69) is 22.1 Å². The van der Waals surface area contributed by atoms with E-state index in [1.807, 2.05) is 6.92 Å². The second kappa shape index (κ2) is 5.05. The first kappa shape index (κ1) is 13.4. The van der Waals surface area contributed by atoms with Gasteiger partial charge in [0.1, 0.15) is 0 Å². The van der Waals surface area contributed by atoms with Gasteiger partial charge in [-0.05, 0) is 44.2 Å². The molecule has 1 N–H and O–H groups in total. The van der Waals surface area contributed by atoms with Gasteiger partial charge in [0.05, 0.1) is 4.90 Å². The van der Waals surface area contributed by atoms with Crippen LogP contribution in [0.25, 0.3) is 0 Å². The molecule has 0 radical (unpaired) electrons. The Hall–Kier alpha value is -1.62. The maximum absolute atomic E-state index is 12.2. The number of hydrazone groups is 1. The van der Waals surface area contributed by atoms with Crippen LogP contribution in [0.3, 0.4) is 0 Å². The van der Waals surface area contributed by atoms with Crippen LogP contribution in [0, 0.1) is 18.8 Å². The fourth-order valence-electron chi connectivity index (χ4n) is 2.76. The van der Waals surface area contributed by atoms with Gasteiger partial charge >= 0.3 is 0 Å². The predicted molar refractivity (Wildman–Crippen MR) is 78.9 cm³/mol. The number of allylic oxidation sites excluding steroid dienone is 2. The van der Waals surface area contributed by atoms with E-state index in [0.717, 1.165) is 24.1 Å². The molecule has 4 rings (SSSR count). The Bertz CT molecular complexity index is 660. The van der Waals surface area contributed by atoms with Crippen LogP contribution in [-0.2, 0) is 10.0 Å². The summed E-state index contributed by atoms with van der Waals surface area (Å²) < 4.78 is 24.3. The van der Waals surface area contributed by atoms with Gasteiger partial charge in [0.15, 0.2) is 0 Å². The Kier molecular flexibility index (Phi) is 3.38. The molecule has 0 spiro atoms. The summed E-state index contributed by atoms with van der Waals surface area (Å²) in [5.74, 6) is 0.836. The lowest BCUT2D eigenvalue weighted by Gasteiger charge is -2.31. The quantitative estimate of drug-likeness (QED) is 0.687. The molecule has 0 unspecified atom stereocenters. The van der Waals surface area contributed by atoms with Crippen molar-refractivity contribution in [3.8, 4) is 0 Å². The van der Waals surface area contributed by atoms with Crippen LogP contribution in [0.1, 0.15) is 24.8 Å². The summed E-state index contributed by atoms with van der Waals surface area (Å²) in [6.45, 7) is 1.93. The van der Waals surface area contributed by atoms with Gasteiger partial charge < -0.3 is 0 Å². The molecule has 2 bridgehead atoms. The average molecular weight is 290 g/mol. The number of benzene rings is 1. The number of sulfonamides is 1. The van der Waals surface area contributed by atoms with Crippen molar-refractivity contribution in [2.75, 3.05) is 0 Å². The van der Waals surface area contributed by atoms with Gasteiger partial charge in [-0.3, -0.25) is 0 Å². The lowest BCUT2D eigenvalue weighted by atomic mass is 9.75. The maximum atomic E-state index is 12.2. The summed E-state index contributed by atoms with van der Waals surface area (Å²) in [6, 6.07) is 6.77. The molecular weight excluding hydrogens is 272 g/mol. The van der Waals surface area contributed by atoms with Crippen molar-refractivity contribution >= 4 is 15.7 Å². The standard InChI is InChI=1S/C15H18N2O2S/c1-11-2-8-14(9-3-11)20(18,19)17-16-15-10-12-4-6-13(15)7-5-12/h2-4,6,8-9,12-13,17H,5,7,10H2,1H3/b16-15+/t12-,13+/m0/s1. The van der Waals surface area contributed by atoms with Crippen molar-refractivity contribution in [1.29, 1.82) is 0 Å². The number of hydrogen-bond acceptors (Lipinski definition) is 3. The lowest BCUT2D eigenvalue weighted by molar-refractivity contribution is 0.470. The highest BCUT2D eigenvalue weighted by Crippen LogP contribution is 2.34. The molecule has 3 aliphatic rings. The first-order chi connectivity index (χ1) is 9.54. The molecule has 0 saturated heterocycles. The molecule has 4 nitrogen and oxygen atoms in total. The third-order valence-corrected chi connectivity index (χ3v) is 5.23. The van der Waals surface area contributed by atoms with E-state index in [1.54, 1.807) is 24.3 Å². The van der Waals surface area contributed by atoms with Gasteiger partial charge in [-0.2, -0.15) is 13.5 Å². The number of nitrogens with zero attached hydrogens (tertiary/aromatic N) is 1. The average Bonchev–Trinajstić information content (AvgIpc) is 2.47. The van der Waals surface area contributed by atoms with E-state index in [0.29, 0.717) is 11.8 Å². The van der Waals surface area contributed by atoms with Crippen LogP contribution in [-0.4, -0.2) is 14.1 Å². The molecule has 0 aliphatic heterocycles. The van der Waals surface area contributed by atoms with Gasteiger partial charge in [0, 0.05) is 11.6 Å². The molecule has 106 valence electrons. The number of aryl methyl sites for hydroxylation is 1. The molecule has 1 aromatic rings. The van der Waals surface area contributed by atoms with E-state index in [1.165, 1.54) is 6.42 Å². The Balaban J connectivity index is 1.77. The van der Waals surface area contributed by atoms with E-state index in [9.17, 15) is 8.42 Å². The minimum atomic E-state index is -3.55. The molecule has 1 fully saturated rings. The summed E-state index contributed by atoms with van der Waals surface area (Å²) >= 11 is 0. The van der Waals surface area contributed by atoms with Crippen molar-refractivity contribution in [3.05, 3.63) is 42.0 Å². The molecule has 1 saturated carbocycles. The highest BCUT2D eigenvalue weighted by atomic mass is 32.2. The van der Waals surface area contributed by atoms with Crippen molar-refractivity contribution < 1.29 is 8.42 Å². The smallest absolute Gasteiger partial charge is 0.200 e. The minimum absolute atomic E-state index is 0.254. The number of rotatable bonds is 3. The van der Waals surface area contributed by atoms with Gasteiger partial charge in [0.2, 0.25) is 0 Å². The number of fused-ring (bicyclic) bond motifs is 2. The molecule has 3 aliphatic carbocycles. The van der Waals surface area contributed by atoms with Crippen molar-refractivity contribution in [3.63, 3.8) is 0 Å². The second-order valence-corrected chi connectivity index (χ2v) is 7.20. The van der Waals surface area contributed by atoms with Gasteiger partial charge in [-0.1, -0.05) is 29.8 Å². The zero-order valence-corrected chi connectivity index (χ0v) is 12.2. The maximum Gasteiger partial charge on any atom is 0.276 e. The monoisotopic (exact) mass is 290 g/mol. The molecule has 5 heteroatoms. The minimum Gasteiger partial charge on any atom is -0.200 e. The van der Waals surface area contributed by atoms with Gasteiger partial charge in [0.25, 0.3) is 10.0 Å². The van der Waals surface area contributed by atoms with E-state index in [-0.39, 0.29) is 4.90 Å². The predicted octanol–water partition coefficient (Wildman–Crippen LogP) is 2.62. The van der Waals surface area contributed by atoms with Crippen molar-refractivity contribution in [1.82, 2.24) is 4.83 Å². The SMILES string of the molecule is Cc1ccc(S(=O)(=O)N/N=C2\C[C@H]3C=C[C@@H]2CC3)cc1. The Labute approximate surface area is 119 Å². The summed E-state index contributed by atoms with van der Waals surface area (Å²) in [5.41, 5.74) is 1.99. The summed E-state index contributed by atoms with van der Waals surface area (Å²) in [4.78, 5) is 2.63. The van der Waals surface area contributed by atoms with Gasteiger partial charge in [-0.15, -0.1) is 0 Å². The number of nitrogens with one attached hydrogen (secondary N) is 1.